The molecule has 0 amide bonds. The van der Waals surface area contributed by atoms with Crippen LogP contribution in [0, 0.1) is 0 Å². The van der Waals surface area contributed by atoms with E-state index >= 15 is 0 Å². The van der Waals surface area contributed by atoms with Crippen LogP contribution >= 0.6 is 0 Å². The van der Waals surface area contributed by atoms with Gasteiger partial charge in [-0.25, -0.2) is 0 Å². The molecule has 2 nitrogen and oxygen atoms in total. The lowest BCUT2D eigenvalue weighted by Gasteiger charge is -2.01. The smallest absolute Gasteiger partial charge is 0.151 e. The molecule has 1 heterocycles. The van der Waals surface area contributed by atoms with Crippen molar-refractivity contribution in [1.29, 1.82) is 0 Å². The fourth-order valence-electron chi connectivity index (χ4n) is 1.68. The van der Waals surface area contributed by atoms with Gasteiger partial charge < -0.3 is 4.57 Å². The predicted octanol–water partition coefficient (Wildman–Crippen LogP) is 2.96. The Bertz CT molecular complexity index is 289. The topological polar surface area (TPSA) is 22.0 Å². The van der Waals surface area contributed by atoms with Crippen LogP contribution in [0.3, 0.4) is 0 Å². The average molecular weight is 193 g/mol. The summed E-state index contributed by atoms with van der Waals surface area (Å²) in [4.78, 5) is 10.5. The highest BCUT2D eigenvalue weighted by atomic mass is 16.1. The minimum atomic E-state index is 0.790. The quantitative estimate of drug-likeness (QED) is 0.503. The molecule has 0 radical (unpaired) electrons. The molecule has 0 bridgehead atoms. The number of hydrogen-bond donors (Lipinski definition) is 0. The number of unbranched alkanes of at least 4 members (excludes halogenated alkanes) is 3. The first kappa shape index (κ1) is 11.0. The Morgan fingerprint density at radius 1 is 1.36 bits per heavy atom. The predicted molar refractivity (Wildman–Crippen MR) is 58.6 cm³/mol. The van der Waals surface area contributed by atoms with Gasteiger partial charge in [-0.05, 0) is 18.9 Å². The third-order valence-electron chi connectivity index (χ3n) is 2.55. The fourth-order valence-corrected chi connectivity index (χ4v) is 1.68. The van der Waals surface area contributed by atoms with Crippen molar-refractivity contribution in [3.05, 3.63) is 23.5 Å². The standard InChI is InChI=1S/C12H19NO/c1-3-4-5-6-7-12-8-11(10-14)9-13(12)2/h8-10H,3-7H2,1-2H3. The van der Waals surface area contributed by atoms with Gasteiger partial charge in [0, 0.05) is 24.5 Å². The second kappa shape index (κ2) is 5.63. The first-order valence-electron chi connectivity index (χ1n) is 5.38. The van der Waals surface area contributed by atoms with E-state index in [2.05, 4.69) is 11.5 Å². The Labute approximate surface area is 85.9 Å². The van der Waals surface area contributed by atoms with Gasteiger partial charge in [0.25, 0.3) is 0 Å². The van der Waals surface area contributed by atoms with Crippen molar-refractivity contribution in [1.82, 2.24) is 4.57 Å². The molecule has 0 aliphatic rings. The Kier molecular flexibility index (Phi) is 4.44. The Balaban J connectivity index is 2.41. The summed E-state index contributed by atoms with van der Waals surface area (Å²) in [5.41, 5.74) is 2.06. The maximum Gasteiger partial charge on any atom is 0.151 e. The summed E-state index contributed by atoms with van der Waals surface area (Å²) in [6.07, 6.45) is 8.99. The van der Waals surface area contributed by atoms with Gasteiger partial charge in [0.2, 0.25) is 0 Å². The molecule has 0 aliphatic heterocycles. The van der Waals surface area contributed by atoms with Crippen molar-refractivity contribution in [2.75, 3.05) is 0 Å². The molecule has 0 N–H and O–H groups in total. The molecule has 78 valence electrons. The van der Waals surface area contributed by atoms with Crippen molar-refractivity contribution in [2.24, 2.45) is 7.05 Å². The van der Waals surface area contributed by atoms with E-state index < -0.39 is 0 Å². The summed E-state index contributed by atoms with van der Waals surface area (Å²) in [5, 5.41) is 0. The van der Waals surface area contributed by atoms with Crippen LogP contribution in [0.1, 0.15) is 48.7 Å². The molecule has 0 fully saturated rings. The summed E-state index contributed by atoms with van der Waals surface area (Å²) < 4.78 is 2.05. The molecule has 0 spiro atoms. The maximum atomic E-state index is 10.5. The summed E-state index contributed by atoms with van der Waals surface area (Å²) in [5.74, 6) is 0. The van der Waals surface area contributed by atoms with Gasteiger partial charge in [-0.3, -0.25) is 4.79 Å². The van der Waals surface area contributed by atoms with Crippen LogP contribution in [0.2, 0.25) is 0 Å². The van der Waals surface area contributed by atoms with Gasteiger partial charge in [0.1, 0.15) is 0 Å². The lowest BCUT2D eigenvalue weighted by Crippen LogP contribution is -1.94. The van der Waals surface area contributed by atoms with Crippen molar-refractivity contribution >= 4 is 6.29 Å². The number of nitrogens with zero attached hydrogens (tertiary/aromatic N) is 1. The molecule has 2 heteroatoms. The summed E-state index contributed by atoms with van der Waals surface area (Å²) >= 11 is 0. The van der Waals surface area contributed by atoms with Crippen LogP contribution in [0.15, 0.2) is 12.3 Å². The van der Waals surface area contributed by atoms with Gasteiger partial charge in [-0.2, -0.15) is 0 Å². The van der Waals surface area contributed by atoms with Crippen LogP contribution in [0.25, 0.3) is 0 Å². The number of rotatable bonds is 6. The second-order valence-electron chi connectivity index (χ2n) is 3.80. The van der Waals surface area contributed by atoms with Crippen molar-refractivity contribution < 1.29 is 4.79 Å². The number of aldehydes is 1. The van der Waals surface area contributed by atoms with E-state index in [0.29, 0.717) is 0 Å². The van der Waals surface area contributed by atoms with Crippen molar-refractivity contribution in [2.45, 2.75) is 39.0 Å². The zero-order valence-electron chi connectivity index (χ0n) is 9.12. The molecule has 0 aromatic carbocycles. The molecular weight excluding hydrogens is 174 g/mol. The summed E-state index contributed by atoms with van der Waals surface area (Å²) in [6, 6.07) is 1.99. The lowest BCUT2D eigenvalue weighted by atomic mass is 10.1. The van der Waals surface area contributed by atoms with Crippen molar-refractivity contribution in [3.63, 3.8) is 0 Å². The minimum absolute atomic E-state index is 0.790. The molecule has 14 heavy (non-hydrogen) atoms. The molecule has 0 saturated carbocycles. The molecule has 1 rings (SSSR count). The Morgan fingerprint density at radius 2 is 2.14 bits per heavy atom. The van der Waals surface area contributed by atoms with E-state index in [-0.39, 0.29) is 0 Å². The highest BCUT2D eigenvalue weighted by Gasteiger charge is 2.01. The van der Waals surface area contributed by atoms with Crippen LogP contribution in [0.5, 0.6) is 0 Å². The number of aryl methyl sites for hydroxylation is 2. The number of carbonyl (C=O) groups excluding carboxylic acids is 1. The highest BCUT2D eigenvalue weighted by Crippen LogP contribution is 2.10. The third-order valence-corrected chi connectivity index (χ3v) is 2.55. The van der Waals surface area contributed by atoms with E-state index in [1.54, 1.807) is 0 Å². The van der Waals surface area contributed by atoms with Crippen LogP contribution < -0.4 is 0 Å². The zero-order chi connectivity index (χ0) is 10.4. The molecule has 1 aromatic heterocycles. The van der Waals surface area contributed by atoms with Crippen LogP contribution in [-0.4, -0.2) is 10.9 Å². The number of carbonyl (C=O) groups is 1. The fraction of sp³-hybridized carbons (Fsp3) is 0.583. The highest BCUT2D eigenvalue weighted by molar-refractivity contribution is 5.74. The lowest BCUT2D eigenvalue weighted by molar-refractivity contribution is 0.112. The third kappa shape index (κ3) is 3.02. The van der Waals surface area contributed by atoms with Gasteiger partial charge in [0.05, 0.1) is 0 Å². The van der Waals surface area contributed by atoms with Crippen LogP contribution in [0.4, 0.5) is 0 Å². The minimum Gasteiger partial charge on any atom is -0.354 e. The zero-order valence-corrected chi connectivity index (χ0v) is 9.12. The van der Waals surface area contributed by atoms with E-state index in [9.17, 15) is 4.79 Å². The SMILES string of the molecule is CCCCCCc1cc(C=O)cn1C. The second-order valence-corrected chi connectivity index (χ2v) is 3.80. The number of hydrogen-bond acceptors (Lipinski definition) is 1. The van der Waals surface area contributed by atoms with Gasteiger partial charge in [0.15, 0.2) is 6.29 Å². The van der Waals surface area contributed by atoms with Crippen molar-refractivity contribution in [3.8, 4) is 0 Å². The maximum absolute atomic E-state index is 10.5. The molecule has 0 atom stereocenters. The van der Waals surface area contributed by atoms with Crippen LogP contribution in [-0.2, 0) is 13.5 Å². The first-order valence-corrected chi connectivity index (χ1v) is 5.38. The monoisotopic (exact) mass is 193 g/mol. The first-order chi connectivity index (χ1) is 6.77. The van der Waals surface area contributed by atoms with Gasteiger partial charge >= 0.3 is 0 Å². The number of aromatic nitrogens is 1. The Morgan fingerprint density at radius 3 is 2.71 bits per heavy atom. The molecular formula is C12H19NO. The molecule has 1 aromatic rings. The molecule has 0 unspecified atom stereocenters. The molecule has 0 saturated heterocycles. The van der Waals surface area contributed by atoms with E-state index in [4.69, 9.17) is 0 Å². The van der Waals surface area contributed by atoms with E-state index in [0.717, 1.165) is 18.3 Å². The average Bonchev–Trinajstić information content (AvgIpc) is 2.54. The van der Waals surface area contributed by atoms with E-state index in [1.807, 2.05) is 19.3 Å². The van der Waals surface area contributed by atoms with Gasteiger partial charge in [-0.1, -0.05) is 26.2 Å². The largest absolute Gasteiger partial charge is 0.354 e. The van der Waals surface area contributed by atoms with Gasteiger partial charge in [-0.15, -0.1) is 0 Å². The van der Waals surface area contributed by atoms with E-state index in [1.165, 1.54) is 31.4 Å². The Hall–Kier alpha value is -1.05. The molecule has 0 aliphatic carbocycles. The normalized spacial score (nSPS) is 10.4. The summed E-state index contributed by atoms with van der Waals surface area (Å²) in [6.45, 7) is 2.22. The summed E-state index contributed by atoms with van der Waals surface area (Å²) in [7, 11) is 2.00.